The molecule has 7 nitrogen and oxygen atoms in total. The van der Waals surface area contributed by atoms with Gasteiger partial charge in [-0.05, 0) is 103 Å². The van der Waals surface area contributed by atoms with E-state index in [1.807, 2.05) is 42.5 Å². The van der Waals surface area contributed by atoms with Crippen molar-refractivity contribution in [1.82, 2.24) is 14.9 Å². The number of hydrogen-bond acceptors (Lipinski definition) is 4. The summed E-state index contributed by atoms with van der Waals surface area (Å²) in [7, 11) is 0. The van der Waals surface area contributed by atoms with Gasteiger partial charge in [-0.25, -0.2) is 14.2 Å². The Balaban J connectivity index is 1.16. The number of fused-ring (bicyclic) bond motifs is 1. The van der Waals surface area contributed by atoms with Crippen molar-refractivity contribution >= 4 is 34.5 Å². The van der Waals surface area contributed by atoms with Crippen molar-refractivity contribution in [2.75, 3.05) is 6.54 Å². The molecule has 0 aliphatic heterocycles. The molecule has 0 atom stereocenters. The van der Waals surface area contributed by atoms with Crippen LogP contribution in [0.3, 0.4) is 0 Å². The topological polar surface area (TPSA) is 93.5 Å². The van der Waals surface area contributed by atoms with Crippen molar-refractivity contribution in [2.45, 2.75) is 76.9 Å². The number of nitrogens with one attached hydrogen (secondary N) is 1. The van der Waals surface area contributed by atoms with E-state index in [2.05, 4.69) is 9.88 Å². The normalized spacial score (nSPS) is 15.6. The zero-order chi connectivity index (χ0) is 34.6. The average Bonchev–Trinajstić information content (AvgIpc) is 3.52. The van der Waals surface area contributed by atoms with Gasteiger partial charge < -0.3 is 19.7 Å². The van der Waals surface area contributed by atoms with E-state index in [9.17, 15) is 14.7 Å². The predicted octanol–water partition coefficient (Wildman–Crippen LogP) is 10.3. The number of carbonyl (C=O) groups excluding carboxylic acids is 1. The number of aromatic carboxylic acids is 1. The first-order chi connectivity index (χ1) is 24.3. The summed E-state index contributed by atoms with van der Waals surface area (Å²) in [5.41, 5.74) is 4.96. The maximum Gasteiger partial charge on any atom is 0.335 e. The van der Waals surface area contributed by atoms with Gasteiger partial charge in [0.15, 0.2) is 0 Å². The maximum atomic E-state index is 16.0. The largest absolute Gasteiger partial charge is 0.489 e. The molecule has 1 amide bonds. The molecule has 7 rings (SSSR count). The number of nitrogens with zero attached hydrogens (tertiary/aromatic N) is 2. The third-order valence-electron chi connectivity index (χ3n) is 10.3. The van der Waals surface area contributed by atoms with Crippen LogP contribution in [0.25, 0.3) is 33.5 Å². The van der Waals surface area contributed by atoms with Gasteiger partial charge in [-0.2, -0.15) is 0 Å². The molecule has 2 N–H and O–H groups in total. The van der Waals surface area contributed by atoms with Crippen LogP contribution in [0.5, 0.6) is 5.75 Å². The number of halogens is 2. The lowest BCUT2D eigenvalue weighted by molar-refractivity contribution is 0.0696. The lowest BCUT2D eigenvalue weighted by Crippen LogP contribution is -2.30. The van der Waals surface area contributed by atoms with Crippen molar-refractivity contribution in [3.63, 3.8) is 0 Å². The zero-order valence-electron chi connectivity index (χ0n) is 28.0. The van der Waals surface area contributed by atoms with Gasteiger partial charge in [0.2, 0.25) is 0 Å². The molecule has 5 aromatic rings. The van der Waals surface area contributed by atoms with Gasteiger partial charge in [0.05, 0.1) is 22.2 Å². The molecule has 0 unspecified atom stereocenters. The second-order valence-corrected chi connectivity index (χ2v) is 14.1. The van der Waals surface area contributed by atoms with E-state index in [-0.39, 0.29) is 24.1 Å². The van der Waals surface area contributed by atoms with Crippen LogP contribution in [0.1, 0.15) is 96.5 Å². The summed E-state index contributed by atoms with van der Waals surface area (Å²) in [5.74, 6) is -0.293. The molecule has 1 aromatic heterocycles. The average molecular weight is 694 g/mol. The Hall–Kier alpha value is -4.69. The van der Waals surface area contributed by atoms with Crippen LogP contribution >= 0.6 is 11.6 Å². The standard InChI is InChI=1S/C41H41ClFN3O4/c42-31-15-11-27(12-16-31)34-18-13-28(40(47)44-24-26-7-3-1-4-8-26)21-30(34)25-50-33-17-19-35(36(43)23-33)39-45-37-22-29(41(48)49)14-20-38(37)46(39)32-9-5-2-6-10-32/h11-23,26,32H,1-10,24-25H2,(H,44,47)(H,48,49). The Morgan fingerprint density at radius 1 is 0.840 bits per heavy atom. The maximum absolute atomic E-state index is 16.0. The SMILES string of the molecule is O=C(O)c1ccc2c(c1)nc(-c1ccc(OCc3cc(C(=O)NCC4CCCCC4)ccc3-c3ccc(Cl)cc3)cc1F)n2C1CCCCC1. The number of imidazole rings is 1. The molecule has 2 aliphatic rings. The minimum absolute atomic E-state index is 0.110. The number of benzene rings is 4. The molecular weight excluding hydrogens is 653 g/mol. The lowest BCUT2D eigenvalue weighted by atomic mass is 9.89. The minimum atomic E-state index is -1.03. The highest BCUT2D eigenvalue weighted by Crippen LogP contribution is 2.38. The molecule has 2 fully saturated rings. The number of carboxylic acids is 1. The Morgan fingerprint density at radius 3 is 2.26 bits per heavy atom. The number of rotatable bonds is 10. The molecule has 1 heterocycles. The van der Waals surface area contributed by atoms with Gasteiger partial charge in [-0.3, -0.25) is 4.79 Å². The summed E-state index contributed by atoms with van der Waals surface area (Å²) in [6.07, 6.45) is 11.2. The van der Waals surface area contributed by atoms with Crippen LogP contribution in [-0.4, -0.2) is 33.1 Å². The molecule has 258 valence electrons. The van der Waals surface area contributed by atoms with Crippen molar-refractivity contribution in [3.05, 3.63) is 106 Å². The number of aromatic nitrogens is 2. The van der Waals surface area contributed by atoms with Crippen molar-refractivity contribution in [1.29, 1.82) is 0 Å². The minimum Gasteiger partial charge on any atom is -0.489 e. The third kappa shape index (κ3) is 7.41. The molecule has 0 spiro atoms. The highest BCUT2D eigenvalue weighted by atomic mass is 35.5. The molecule has 0 radical (unpaired) electrons. The fraction of sp³-hybridized carbons (Fsp3) is 0.341. The summed E-state index contributed by atoms with van der Waals surface area (Å²) in [5, 5.41) is 13.3. The molecule has 4 aromatic carbocycles. The van der Waals surface area contributed by atoms with E-state index in [1.165, 1.54) is 25.3 Å². The quantitative estimate of drug-likeness (QED) is 0.152. The third-order valence-corrected chi connectivity index (χ3v) is 10.5. The number of carbonyl (C=O) groups is 2. The number of ether oxygens (including phenoxy) is 1. The fourth-order valence-electron chi connectivity index (χ4n) is 7.55. The zero-order valence-corrected chi connectivity index (χ0v) is 28.7. The highest BCUT2D eigenvalue weighted by molar-refractivity contribution is 6.30. The Morgan fingerprint density at radius 2 is 1.54 bits per heavy atom. The van der Waals surface area contributed by atoms with Crippen LogP contribution < -0.4 is 10.1 Å². The Bertz CT molecular complexity index is 2010. The first-order valence-corrected chi connectivity index (χ1v) is 18.1. The van der Waals surface area contributed by atoms with Crippen molar-refractivity contribution in [3.8, 4) is 28.3 Å². The molecule has 0 saturated heterocycles. The summed E-state index contributed by atoms with van der Waals surface area (Å²) in [6, 6.07) is 22.9. The lowest BCUT2D eigenvalue weighted by Gasteiger charge is -2.25. The monoisotopic (exact) mass is 693 g/mol. The Labute approximate surface area is 296 Å². The summed E-state index contributed by atoms with van der Waals surface area (Å²) in [6.45, 7) is 0.781. The molecule has 0 bridgehead atoms. The van der Waals surface area contributed by atoms with E-state index in [1.54, 1.807) is 30.3 Å². The fourth-order valence-corrected chi connectivity index (χ4v) is 7.68. The highest BCUT2D eigenvalue weighted by Gasteiger charge is 2.25. The molecule has 50 heavy (non-hydrogen) atoms. The van der Waals surface area contributed by atoms with Crippen molar-refractivity contribution < 1.29 is 23.8 Å². The summed E-state index contributed by atoms with van der Waals surface area (Å²) in [4.78, 5) is 29.7. The summed E-state index contributed by atoms with van der Waals surface area (Å²) >= 11 is 6.17. The number of hydrogen-bond donors (Lipinski definition) is 2. The van der Waals surface area contributed by atoms with Gasteiger partial charge in [0.25, 0.3) is 5.91 Å². The van der Waals surface area contributed by atoms with Crippen LogP contribution in [0.4, 0.5) is 4.39 Å². The number of amides is 1. The van der Waals surface area contributed by atoms with E-state index in [0.717, 1.165) is 67.2 Å². The summed E-state index contributed by atoms with van der Waals surface area (Å²) < 4.78 is 24.3. The van der Waals surface area contributed by atoms with Crippen LogP contribution in [-0.2, 0) is 6.61 Å². The van der Waals surface area contributed by atoms with Gasteiger partial charge in [-0.15, -0.1) is 0 Å². The second kappa shape index (κ2) is 15.1. The first-order valence-electron chi connectivity index (χ1n) is 17.7. The van der Waals surface area contributed by atoms with Crippen molar-refractivity contribution in [2.24, 2.45) is 5.92 Å². The van der Waals surface area contributed by atoms with Gasteiger partial charge in [-0.1, -0.05) is 68.3 Å². The van der Waals surface area contributed by atoms with E-state index < -0.39 is 11.8 Å². The van der Waals surface area contributed by atoms with Gasteiger partial charge in [0, 0.05) is 29.2 Å². The van der Waals surface area contributed by atoms with Crippen LogP contribution in [0, 0.1) is 11.7 Å². The van der Waals surface area contributed by atoms with Gasteiger partial charge >= 0.3 is 5.97 Å². The molecule has 2 saturated carbocycles. The second-order valence-electron chi connectivity index (χ2n) is 13.6. The van der Waals surface area contributed by atoms with Crippen LogP contribution in [0.2, 0.25) is 5.02 Å². The van der Waals surface area contributed by atoms with E-state index in [0.29, 0.717) is 45.7 Å². The molecule has 2 aliphatic carbocycles. The van der Waals surface area contributed by atoms with Crippen LogP contribution in [0.15, 0.2) is 78.9 Å². The van der Waals surface area contributed by atoms with Gasteiger partial charge in [0.1, 0.15) is 24.0 Å². The molecule has 9 heteroatoms. The first kappa shape index (κ1) is 33.8. The Kier molecular flexibility index (Phi) is 10.2. The number of carboxylic acid groups (broad SMARTS) is 1. The smallest absolute Gasteiger partial charge is 0.335 e. The van der Waals surface area contributed by atoms with E-state index in [4.69, 9.17) is 21.3 Å². The molecular formula is C41H41ClFN3O4. The predicted molar refractivity (Wildman–Crippen MR) is 194 cm³/mol. The van der Waals surface area contributed by atoms with E-state index >= 15 is 4.39 Å².